The molecule has 0 unspecified atom stereocenters. The lowest BCUT2D eigenvalue weighted by atomic mass is 10.2. The zero-order valence-corrected chi connectivity index (χ0v) is 15.5. The van der Waals surface area contributed by atoms with Gasteiger partial charge in [-0.1, -0.05) is 12.1 Å². The minimum atomic E-state index is -4.47. The van der Waals surface area contributed by atoms with E-state index in [9.17, 15) is 23.1 Å². The molecule has 3 rings (SSSR count). The zero-order chi connectivity index (χ0) is 20.9. The van der Waals surface area contributed by atoms with E-state index >= 15 is 0 Å². The smallest absolute Gasteiger partial charge is 0.422 e. The third kappa shape index (κ3) is 5.90. The normalized spacial score (nSPS) is 14.6. The van der Waals surface area contributed by atoms with E-state index in [1.165, 1.54) is 6.20 Å². The highest BCUT2D eigenvalue weighted by atomic mass is 19.4. The van der Waals surface area contributed by atoms with E-state index in [2.05, 4.69) is 15.2 Å². The predicted molar refractivity (Wildman–Crippen MR) is 99.9 cm³/mol. The number of nitrogens with zero attached hydrogens (tertiary/aromatic N) is 3. The van der Waals surface area contributed by atoms with Crippen molar-refractivity contribution in [2.45, 2.75) is 12.7 Å². The lowest BCUT2D eigenvalue weighted by Crippen LogP contribution is -2.51. The minimum Gasteiger partial charge on any atom is -0.508 e. The number of alkyl halides is 3. The Morgan fingerprint density at radius 2 is 1.93 bits per heavy atom. The van der Waals surface area contributed by atoms with E-state index in [1.807, 2.05) is 6.07 Å². The molecule has 1 fully saturated rings. The van der Waals surface area contributed by atoms with E-state index in [0.29, 0.717) is 31.7 Å². The number of rotatable bonds is 5. The molecule has 0 saturated carbocycles. The number of phenolic OH excluding ortho intramolecular Hbond substituents is 1. The topological polar surface area (TPSA) is 77.9 Å². The number of halogens is 3. The standard InChI is InChI=1S/C19H21F3N4O3/c20-19(21,22)13-29-17-14(3-2-6-23-17)12-24-18(28)26-9-7-25(8-10-26)15-4-1-5-16(27)11-15/h1-6,11,27H,7-10,12-13H2,(H,24,28). The van der Waals surface area contributed by atoms with Crippen LogP contribution in [0.15, 0.2) is 42.6 Å². The van der Waals surface area contributed by atoms with E-state index in [-0.39, 0.29) is 24.2 Å². The van der Waals surface area contributed by atoms with Crippen molar-refractivity contribution in [3.05, 3.63) is 48.2 Å². The Morgan fingerprint density at radius 3 is 2.62 bits per heavy atom. The van der Waals surface area contributed by atoms with Gasteiger partial charge in [0, 0.05) is 56.2 Å². The Balaban J connectivity index is 1.51. The van der Waals surface area contributed by atoms with Gasteiger partial charge in [0.2, 0.25) is 5.88 Å². The number of phenols is 1. The first-order chi connectivity index (χ1) is 13.8. The summed E-state index contributed by atoms with van der Waals surface area (Å²) in [5.41, 5.74) is 1.25. The van der Waals surface area contributed by atoms with E-state index < -0.39 is 12.8 Å². The van der Waals surface area contributed by atoms with Crippen molar-refractivity contribution in [2.75, 3.05) is 37.7 Å². The molecule has 0 radical (unpaired) electrons. The molecule has 2 N–H and O–H groups in total. The highest BCUT2D eigenvalue weighted by Gasteiger charge is 2.29. The number of carbonyl (C=O) groups is 1. The van der Waals surface area contributed by atoms with Crippen LogP contribution in [0.4, 0.5) is 23.7 Å². The summed E-state index contributed by atoms with van der Waals surface area (Å²) in [5, 5.41) is 12.3. The average Bonchev–Trinajstić information content (AvgIpc) is 2.70. The van der Waals surface area contributed by atoms with Crippen molar-refractivity contribution < 1.29 is 27.8 Å². The first-order valence-corrected chi connectivity index (χ1v) is 9.02. The molecule has 0 aliphatic carbocycles. The van der Waals surface area contributed by atoms with Crippen LogP contribution in [-0.2, 0) is 6.54 Å². The van der Waals surface area contributed by atoms with Crippen molar-refractivity contribution in [2.24, 2.45) is 0 Å². The van der Waals surface area contributed by atoms with Crippen LogP contribution in [0, 0.1) is 0 Å². The van der Waals surface area contributed by atoms with Gasteiger partial charge in [-0.25, -0.2) is 9.78 Å². The van der Waals surface area contributed by atoms with Crippen molar-refractivity contribution in [1.82, 2.24) is 15.2 Å². The number of carbonyl (C=O) groups excluding carboxylic acids is 1. The van der Waals surface area contributed by atoms with Gasteiger partial charge in [-0.05, 0) is 18.2 Å². The summed E-state index contributed by atoms with van der Waals surface area (Å²) in [6.45, 7) is 0.722. The zero-order valence-electron chi connectivity index (χ0n) is 15.5. The van der Waals surface area contributed by atoms with E-state index in [1.54, 1.807) is 35.2 Å². The SMILES string of the molecule is O=C(NCc1cccnc1OCC(F)(F)F)N1CCN(c2cccc(O)c2)CC1. The molecule has 1 aromatic carbocycles. The first kappa shape index (κ1) is 20.6. The fraction of sp³-hybridized carbons (Fsp3) is 0.368. The molecule has 2 aromatic rings. The van der Waals surface area contributed by atoms with Crippen LogP contribution in [0.2, 0.25) is 0 Å². The molecule has 0 spiro atoms. The summed E-state index contributed by atoms with van der Waals surface area (Å²) in [7, 11) is 0. The Hall–Kier alpha value is -3.17. The average molecular weight is 410 g/mol. The van der Waals surface area contributed by atoms with Crippen molar-refractivity contribution in [3.8, 4) is 11.6 Å². The summed E-state index contributed by atoms with van der Waals surface area (Å²) in [6, 6.07) is 9.72. The third-order valence-corrected chi connectivity index (χ3v) is 4.41. The second-order valence-electron chi connectivity index (χ2n) is 6.52. The number of urea groups is 1. The van der Waals surface area contributed by atoms with E-state index in [4.69, 9.17) is 4.74 Å². The lowest BCUT2D eigenvalue weighted by Gasteiger charge is -2.36. The monoisotopic (exact) mass is 410 g/mol. The van der Waals surface area contributed by atoms with Crippen LogP contribution in [0.3, 0.4) is 0 Å². The molecule has 7 nitrogen and oxygen atoms in total. The Kier molecular flexibility index (Phi) is 6.30. The summed E-state index contributed by atoms with van der Waals surface area (Å²) < 4.78 is 41.8. The summed E-state index contributed by atoms with van der Waals surface area (Å²) in [5.74, 6) is 0.0292. The van der Waals surface area contributed by atoms with Crippen molar-refractivity contribution in [1.29, 1.82) is 0 Å². The van der Waals surface area contributed by atoms with Crippen molar-refractivity contribution >= 4 is 11.7 Å². The van der Waals surface area contributed by atoms with Gasteiger partial charge in [0.05, 0.1) is 0 Å². The van der Waals surface area contributed by atoms with Crippen LogP contribution in [0.5, 0.6) is 11.6 Å². The molecule has 1 aromatic heterocycles. The molecule has 0 bridgehead atoms. The second kappa shape index (κ2) is 8.89. The highest BCUT2D eigenvalue weighted by molar-refractivity contribution is 5.74. The second-order valence-corrected chi connectivity index (χ2v) is 6.52. The molecule has 1 aliphatic rings. The highest BCUT2D eigenvalue weighted by Crippen LogP contribution is 2.22. The number of ether oxygens (including phenoxy) is 1. The van der Waals surface area contributed by atoms with Gasteiger partial charge in [0.25, 0.3) is 0 Å². The Labute approximate surface area is 165 Å². The van der Waals surface area contributed by atoms with Crippen LogP contribution < -0.4 is 15.0 Å². The molecule has 2 heterocycles. The van der Waals surface area contributed by atoms with Gasteiger partial charge in [-0.3, -0.25) is 0 Å². The van der Waals surface area contributed by atoms with Crippen LogP contribution in [-0.4, -0.2) is 60.0 Å². The number of hydrogen-bond acceptors (Lipinski definition) is 5. The maximum Gasteiger partial charge on any atom is 0.422 e. The lowest BCUT2D eigenvalue weighted by molar-refractivity contribution is -0.154. The van der Waals surface area contributed by atoms with Gasteiger partial charge in [0.1, 0.15) is 5.75 Å². The first-order valence-electron chi connectivity index (χ1n) is 9.02. The molecule has 2 amide bonds. The quantitative estimate of drug-likeness (QED) is 0.793. The van der Waals surface area contributed by atoms with E-state index in [0.717, 1.165) is 5.69 Å². The summed E-state index contributed by atoms with van der Waals surface area (Å²) in [6.07, 6.45) is -3.13. The minimum absolute atomic E-state index is 0.00658. The molecule has 1 saturated heterocycles. The molecular weight excluding hydrogens is 389 g/mol. The molecular formula is C19H21F3N4O3. The molecule has 156 valence electrons. The Bertz CT molecular complexity index is 839. The number of anilines is 1. The molecule has 0 atom stereocenters. The number of benzene rings is 1. The molecule has 1 aliphatic heterocycles. The van der Waals surface area contributed by atoms with Gasteiger partial charge < -0.3 is 25.0 Å². The number of aromatic nitrogens is 1. The van der Waals surface area contributed by atoms with Gasteiger partial charge in [-0.15, -0.1) is 0 Å². The fourth-order valence-corrected chi connectivity index (χ4v) is 2.98. The van der Waals surface area contributed by atoms with Crippen molar-refractivity contribution in [3.63, 3.8) is 0 Å². The number of nitrogens with one attached hydrogen (secondary N) is 1. The predicted octanol–water partition coefficient (Wildman–Crippen LogP) is 2.76. The van der Waals surface area contributed by atoms with Gasteiger partial charge in [-0.2, -0.15) is 13.2 Å². The summed E-state index contributed by atoms with van der Waals surface area (Å²) in [4.78, 5) is 19.9. The number of pyridine rings is 1. The molecule has 29 heavy (non-hydrogen) atoms. The number of piperazine rings is 1. The molecule has 10 heteroatoms. The number of aromatic hydroxyl groups is 1. The largest absolute Gasteiger partial charge is 0.508 e. The maximum atomic E-state index is 12.4. The number of amides is 2. The van der Waals surface area contributed by atoms with Gasteiger partial charge >= 0.3 is 12.2 Å². The van der Waals surface area contributed by atoms with Gasteiger partial charge in [0.15, 0.2) is 6.61 Å². The van der Waals surface area contributed by atoms with Crippen LogP contribution in [0.1, 0.15) is 5.56 Å². The van der Waals surface area contributed by atoms with Crippen LogP contribution in [0.25, 0.3) is 0 Å². The Morgan fingerprint density at radius 1 is 1.17 bits per heavy atom. The van der Waals surface area contributed by atoms with Crippen LogP contribution >= 0.6 is 0 Å². The summed E-state index contributed by atoms with van der Waals surface area (Å²) >= 11 is 0. The fourth-order valence-electron chi connectivity index (χ4n) is 2.98. The maximum absolute atomic E-state index is 12.4. The number of hydrogen-bond donors (Lipinski definition) is 2. The third-order valence-electron chi connectivity index (χ3n) is 4.41.